The van der Waals surface area contributed by atoms with Crippen LogP contribution in [0.15, 0.2) is 53.9 Å². The van der Waals surface area contributed by atoms with Crippen LogP contribution in [0.4, 0.5) is 10.1 Å². The molecular formula is C20H15ClFN5O2S. The molecule has 0 bridgehead atoms. The quantitative estimate of drug-likeness (QED) is 0.462. The summed E-state index contributed by atoms with van der Waals surface area (Å²) in [6.07, 6.45) is 0.461. The zero-order valence-corrected chi connectivity index (χ0v) is 17.0. The number of nitrogens with zero attached hydrogens (tertiary/aromatic N) is 3. The van der Waals surface area contributed by atoms with E-state index in [9.17, 15) is 14.0 Å². The summed E-state index contributed by atoms with van der Waals surface area (Å²) in [6, 6.07) is 12.6. The molecule has 2 aromatic heterocycles. The maximum Gasteiger partial charge on any atom is 0.313 e. The molecule has 0 aliphatic carbocycles. The van der Waals surface area contributed by atoms with Gasteiger partial charge < -0.3 is 10.6 Å². The molecule has 0 aliphatic rings. The van der Waals surface area contributed by atoms with Crippen LogP contribution in [-0.4, -0.2) is 33.0 Å². The van der Waals surface area contributed by atoms with E-state index in [0.29, 0.717) is 17.3 Å². The molecule has 0 saturated heterocycles. The normalized spacial score (nSPS) is 10.9. The minimum Gasteiger partial charge on any atom is -0.347 e. The lowest BCUT2D eigenvalue weighted by Gasteiger charge is -2.06. The van der Waals surface area contributed by atoms with E-state index < -0.39 is 17.6 Å². The van der Waals surface area contributed by atoms with Gasteiger partial charge in [-0.25, -0.2) is 8.91 Å². The summed E-state index contributed by atoms with van der Waals surface area (Å²) in [5.41, 5.74) is 1.92. The van der Waals surface area contributed by atoms with Crippen molar-refractivity contribution in [1.29, 1.82) is 0 Å². The van der Waals surface area contributed by atoms with Gasteiger partial charge in [-0.3, -0.25) is 9.59 Å². The van der Waals surface area contributed by atoms with Gasteiger partial charge in [-0.05, 0) is 42.5 Å². The Morgan fingerprint density at radius 2 is 1.93 bits per heavy atom. The highest BCUT2D eigenvalue weighted by Gasteiger charge is 2.15. The highest BCUT2D eigenvalue weighted by atomic mass is 35.5. The number of amides is 2. The van der Waals surface area contributed by atoms with Gasteiger partial charge in [-0.15, -0.1) is 16.4 Å². The molecule has 0 aliphatic heterocycles. The number of aromatic nitrogens is 3. The van der Waals surface area contributed by atoms with Gasteiger partial charge in [-0.2, -0.15) is 4.98 Å². The minimum absolute atomic E-state index is 0.215. The Balaban J connectivity index is 1.36. The summed E-state index contributed by atoms with van der Waals surface area (Å²) < 4.78 is 14.9. The molecule has 2 heterocycles. The third-order valence-corrected chi connectivity index (χ3v) is 5.32. The Kier molecular flexibility index (Phi) is 5.73. The summed E-state index contributed by atoms with van der Waals surface area (Å²) in [7, 11) is 0. The molecule has 0 atom stereocenters. The van der Waals surface area contributed by atoms with E-state index in [2.05, 4.69) is 20.7 Å². The van der Waals surface area contributed by atoms with Gasteiger partial charge in [0.2, 0.25) is 4.96 Å². The fourth-order valence-electron chi connectivity index (χ4n) is 2.76. The number of halogens is 2. The van der Waals surface area contributed by atoms with Gasteiger partial charge in [0.1, 0.15) is 5.82 Å². The first-order valence-corrected chi connectivity index (χ1v) is 10.2. The minimum atomic E-state index is -0.859. The molecule has 0 spiro atoms. The van der Waals surface area contributed by atoms with E-state index in [1.807, 2.05) is 17.5 Å². The summed E-state index contributed by atoms with van der Waals surface area (Å²) in [4.78, 5) is 29.1. The summed E-state index contributed by atoms with van der Waals surface area (Å²) in [5.74, 6) is -1.58. The standard InChI is InChI=1S/C20H15ClFN5O2S/c21-13-6-4-12(5-7-13)17-25-20-27(26-17)16(11-30-20)8-9-23-18(28)19(29)24-15-3-1-2-14(22)10-15/h1-7,10-11H,8-9H2,(H,23,28)(H,24,29). The van der Waals surface area contributed by atoms with Crippen molar-refractivity contribution in [3.63, 3.8) is 0 Å². The first-order valence-electron chi connectivity index (χ1n) is 8.93. The second kappa shape index (κ2) is 8.60. The second-order valence-electron chi connectivity index (χ2n) is 6.33. The number of hydrogen-bond acceptors (Lipinski definition) is 5. The Morgan fingerprint density at radius 1 is 1.13 bits per heavy atom. The molecule has 0 unspecified atom stereocenters. The Hall–Kier alpha value is -3.30. The van der Waals surface area contributed by atoms with Crippen LogP contribution in [0.3, 0.4) is 0 Å². The number of carbonyl (C=O) groups is 2. The van der Waals surface area contributed by atoms with Crippen molar-refractivity contribution in [3.05, 3.63) is 70.4 Å². The van der Waals surface area contributed by atoms with Gasteiger partial charge in [-0.1, -0.05) is 17.7 Å². The summed E-state index contributed by atoms with van der Waals surface area (Å²) >= 11 is 7.35. The fraction of sp³-hybridized carbons (Fsp3) is 0.100. The van der Waals surface area contributed by atoms with Crippen molar-refractivity contribution in [2.75, 3.05) is 11.9 Å². The Labute approximate surface area is 179 Å². The van der Waals surface area contributed by atoms with Crippen molar-refractivity contribution < 1.29 is 14.0 Å². The summed E-state index contributed by atoms with van der Waals surface area (Å²) in [5, 5.41) is 12.0. The third kappa shape index (κ3) is 4.47. The molecular weight excluding hydrogens is 429 g/mol. The van der Waals surface area contributed by atoms with Crippen molar-refractivity contribution in [1.82, 2.24) is 19.9 Å². The monoisotopic (exact) mass is 443 g/mol. The molecule has 2 aromatic carbocycles. The Bertz CT molecular complexity index is 1220. The molecule has 7 nitrogen and oxygen atoms in total. The van der Waals surface area contributed by atoms with Crippen LogP contribution in [0.25, 0.3) is 16.3 Å². The van der Waals surface area contributed by atoms with Crippen molar-refractivity contribution in [2.45, 2.75) is 6.42 Å². The lowest BCUT2D eigenvalue weighted by molar-refractivity contribution is -0.136. The average molecular weight is 444 g/mol. The predicted octanol–water partition coefficient (Wildman–Crippen LogP) is 3.55. The first-order chi connectivity index (χ1) is 14.5. The number of anilines is 1. The molecule has 10 heteroatoms. The molecule has 4 aromatic rings. The molecule has 152 valence electrons. The molecule has 2 N–H and O–H groups in total. The second-order valence-corrected chi connectivity index (χ2v) is 7.61. The van der Waals surface area contributed by atoms with E-state index in [1.165, 1.54) is 29.5 Å². The van der Waals surface area contributed by atoms with E-state index in [1.54, 1.807) is 16.6 Å². The topological polar surface area (TPSA) is 88.4 Å². The van der Waals surface area contributed by atoms with Gasteiger partial charge in [0, 0.05) is 34.6 Å². The number of rotatable bonds is 5. The molecule has 2 amide bonds. The van der Waals surface area contributed by atoms with Crippen molar-refractivity contribution in [3.8, 4) is 11.4 Å². The zero-order chi connectivity index (χ0) is 21.1. The number of nitrogens with one attached hydrogen (secondary N) is 2. The van der Waals surface area contributed by atoms with Crippen molar-refractivity contribution >= 4 is 45.4 Å². The van der Waals surface area contributed by atoms with E-state index in [4.69, 9.17) is 11.6 Å². The Morgan fingerprint density at radius 3 is 2.70 bits per heavy atom. The number of carbonyl (C=O) groups excluding carboxylic acids is 2. The fourth-order valence-corrected chi connectivity index (χ4v) is 3.74. The molecule has 30 heavy (non-hydrogen) atoms. The highest BCUT2D eigenvalue weighted by molar-refractivity contribution is 7.15. The zero-order valence-electron chi connectivity index (χ0n) is 15.4. The van der Waals surface area contributed by atoms with Crippen LogP contribution in [0, 0.1) is 5.82 Å². The van der Waals surface area contributed by atoms with Crippen LogP contribution in [0.2, 0.25) is 5.02 Å². The average Bonchev–Trinajstić information content (AvgIpc) is 3.30. The molecule has 0 radical (unpaired) electrons. The van der Waals surface area contributed by atoms with Gasteiger partial charge in [0.25, 0.3) is 0 Å². The van der Waals surface area contributed by atoms with Gasteiger partial charge >= 0.3 is 11.8 Å². The van der Waals surface area contributed by atoms with E-state index >= 15 is 0 Å². The molecule has 0 saturated carbocycles. The number of hydrogen-bond donors (Lipinski definition) is 2. The van der Waals surface area contributed by atoms with Crippen LogP contribution >= 0.6 is 22.9 Å². The predicted molar refractivity (Wildman–Crippen MR) is 113 cm³/mol. The summed E-state index contributed by atoms with van der Waals surface area (Å²) in [6.45, 7) is 0.234. The van der Waals surface area contributed by atoms with Crippen LogP contribution < -0.4 is 10.6 Å². The molecule has 4 rings (SSSR count). The van der Waals surface area contributed by atoms with Crippen LogP contribution in [0.5, 0.6) is 0 Å². The SMILES string of the molecule is O=C(NCCc1csc2nc(-c3ccc(Cl)cc3)nn12)C(=O)Nc1cccc(F)c1. The van der Waals surface area contributed by atoms with Gasteiger partial charge in [0.05, 0.1) is 5.69 Å². The molecule has 0 fully saturated rings. The maximum atomic E-state index is 13.2. The van der Waals surface area contributed by atoms with E-state index in [0.717, 1.165) is 22.3 Å². The van der Waals surface area contributed by atoms with Crippen LogP contribution in [0.1, 0.15) is 5.69 Å². The van der Waals surface area contributed by atoms with Gasteiger partial charge in [0.15, 0.2) is 5.82 Å². The smallest absolute Gasteiger partial charge is 0.313 e. The lowest BCUT2D eigenvalue weighted by atomic mass is 10.2. The number of fused-ring (bicyclic) bond motifs is 1. The van der Waals surface area contributed by atoms with Crippen LogP contribution in [-0.2, 0) is 16.0 Å². The van der Waals surface area contributed by atoms with Crippen molar-refractivity contribution in [2.24, 2.45) is 0 Å². The number of benzene rings is 2. The lowest BCUT2D eigenvalue weighted by Crippen LogP contribution is -2.36. The number of thiazole rings is 1. The maximum absolute atomic E-state index is 13.2. The highest BCUT2D eigenvalue weighted by Crippen LogP contribution is 2.22. The first kappa shape index (κ1) is 20.0. The largest absolute Gasteiger partial charge is 0.347 e. The third-order valence-electron chi connectivity index (χ3n) is 4.21. The van der Waals surface area contributed by atoms with E-state index in [-0.39, 0.29) is 12.2 Å².